The standard InChI is InChI=1S/C13H25N/c1-10(2)5-8-13(14-4)12-7-6-11(3)9-12/h11-14H,1,5-9H2,2-4H3. The van der Waals surface area contributed by atoms with E-state index in [1.807, 2.05) is 0 Å². The fourth-order valence-corrected chi connectivity index (χ4v) is 2.63. The number of nitrogens with one attached hydrogen (secondary N) is 1. The number of rotatable bonds is 5. The van der Waals surface area contributed by atoms with Gasteiger partial charge in [-0.2, -0.15) is 0 Å². The van der Waals surface area contributed by atoms with Gasteiger partial charge in [-0.1, -0.05) is 18.9 Å². The molecule has 0 saturated heterocycles. The van der Waals surface area contributed by atoms with Crippen LogP contribution in [0.25, 0.3) is 0 Å². The summed E-state index contributed by atoms with van der Waals surface area (Å²) in [6.07, 6.45) is 6.71. The Morgan fingerprint density at radius 3 is 2.64 bits per heavy atom. The maximum atomic E-state index is 3.98. The van der Waals surface area contributed by atoms with Crippen LogP contribution in [0.15, 0.2) is 12.2 Å². The molecule has 0 bridgehead atoms. The minimum atomic E-state index is 0.719. The maximum Gasteiger partial charge on any atom is 0.00954 e. The highest BCUT2D eigenvalue weighted by Gasteiger charge is 2.27. The molecular weight excluding hydrogens is 170 g/mol. The van der Waals surface area contributed by atoms with Gasteiger partial charge in [-0.3, -0.25) is 0 Å². The van der Waals surface area contributed by atoms with Crippen LogP contribution in [0.1, 0.15) is 46.0 Å². The average molecular weight is 195 g/mol. The van der Waals surface area contributed by atoms with Crippen molar-refractivity contribution in [2.45, 2.75) is 52.0 Å². The molecule has 1 saturated carbocycles. The number of hydrogen-bond acceptors (Lipinski definition) is 1. The third-order valence-electron chi connectivity index (χ3n) is 3.56. The average Bonchev–Trinajstić information content (AvgIpc) is 2.53. The first-order chi connectivity index (χ1) is 6.63. The zero-order valence-corrected chi connectivity index (χ0v) is 9.97. The molecule has 0 spiro atoms. The third kappa shape index (κ3) is 3.45. The van der Waals surface area contributed by atoms with Gasteiger partial charge in [0.15, 0.2) is 0 Å². The minimum Gasteiger partial charge on any atom is -0.317 e. The lowest BCUT2D eigenvalue weighted by Crippen LogP contribution is -2.32. The van der Waals surface area contributed by atoms with Crippen molar-refractivity contribution in [3.05, 3.63) is 12.2 Å². The molecule has 1 rings (SSSR count). The van der Waals surface area contributed by atoms with E-state index in [1.54, 1.807) is 0 Å². The summed E-state index contributed by atoms with van der Waals surface area (Å²) in [5, 5.41) is 3.48. The second-order valence-corrected chi connectivity index (χ2v) is 5.07. The first kappa shape index (κ1) is 11.8. The zero-order valence-electron chi connectivity index (χ0n) is 9.97. The van der Waals surface area contributed by atoms with Crippen molar-refractivity contribution in [3.8, 4) is 0 Å². The molecule has 1 N–H and O–H groups in total. The Bertz CT molecular complexity index is 186. The molecule has 1 aliphatic rings. The lowest BCUT2D eigenvalue weighted by molar-refractivity contribution is 0.351. The van der Waals surface area contributed by atoms with E-state index < -0.39 is 0 Å². The van der Waals surface area contributed by atoms with Crippen LogP contribution in [-0.4, -0.2) is 13.1 Å². The molecule has 0 amide bonds. The Morgan fingerprint density at radius 1 is 1.50 bits per heavy atom. The second kappa shape index (κ2) is 5.55. The Balaban J connectivity index is 2.34. The topological polar surface area (TPSA) is 12.0 Å². The number of hydrogen-bond donors (Lipinski definition) is 1. The van der Waals surface area contributed by atoms with E-state index in [2.05, 4.69) is 32.8 Å². The van der Waals surface area contributed by atoms with Gasteiger partial charge < -0.3 is 5.32 Å². The molecule has 82 valence electrons. The van der Waals surface area contributed by atoms with Crippen LogP contribution in [0.5, 0.6) is 0 Å². The normalized spacial score (nSPS) is 29.1. The van der Waals surface area contributed by atoms with E-state index in [4.69, 9.17) is 0 Å². The fourth-order valence-electron chi connectivity index (χ4n) is 2.63. The van der Waals surface area contributed by atoms with E-state index in [1.165, 1.54) is 37.7 Å². The molecule has 0 radical (unpaired) electrons. The summed E-state index contributed by atoms with van der Waals surface area (Å²) in [6, 6.07) is 0.719. The van der Waals surface area contributed by atoms with Gasteiger partial charge in [-0.25, -0.2) is 0 Å². The summed E-state index contributed by atoms with van der Waals surface area (Å²) in [4.78, 5) is 0. The SMILES string of the molecule is C=C(C)CCC(NC)C1CCC(C)C1. The monoisotopic (exact) mass is 195 g/mol. The van der Waals surface area contributed by atoms with Gasteiger partial charge in [0, 0.05) is 6.04 Å². The summed E-state index contributed by atoms with van der Waals surface area (Å²) in [6.45, 7) is 8.48. The molecule has 0 aromatic carbocycles. The van der Waals surface area contributed by atoms with Crippen molar-refractivity contribution < 1.29 is 0 Å². The molecule has 0 aromatic heterocycles. The summed E-state index contributed by atoms with van der Waals surface area (Å²) in [5.74, 6) is 1.86. The summed E-state index contributed by atoms with van der Waals surface area (Å²) >= 11 is 0. The summed E-state index contributed by atoms with van der Waals surface area (Å²) in [7, 11) is 2.10. The van der Waals surface area contributed by atoms with Crippen molar-refractivity contribution in [3.63, 3.8) is 0 Å². The van der Waals surface area contributed by atoms with Crippen LogP contribution in [0.2, 0.25) is 0 Å². The van der Waals surface area contributed by atoms with E-state index in [-0.39, 0.29) is 0 Å². The van der Waals surface area contributed by atoms with Gasteiger partial charge >= 0.3 is 0 Å². The second-order valence-electron chi connectivity index (χ2n) is 5.07. The maximum absolute atomic E-state index is 3.98. The van der Waals surface area contributed by atoms with Crippen molar-refractivity contribution in [1.82, 2.24) is 5.32 Å². The van der Waals surface area contributed by atoms with Gasteiger partial charge in [0.2, 0.25) is 0 Å². The predicted octanol–water partition coefficient (Wildman–Crippen LogP) is 3.37. The largest absolute Gasteiger partial charge is 0.317 e. The highest BCUT2D eigenvalue weighted by molar-refractivity contribution is 4.91. The quantitative estimate of drug-likeness (QED) is 0.663. The Hall–Kier alpha value is -0.300. The van der Waals surface area contributed by atoms with Crippen molar-refractivity contribution in [2.75, 3.05) is 7.05 Å². The summed E-state index contributed by atoms with van der Waals surface area (Å²) < 4.78 is 0. The lowest BCUT2D eigenvalue weighted by atomic mass is 9.92. The molecule has 0 aromatic rings. The van der Waals surface area contributed by atoms with Crippen LogP contribution in [-0.2, 0) is 0 Å². The van der Waals surface area contributed by atoms with Gasteiger partial charge in [0.25, 0.3) is 0 Å². The molecule has 14 heavy (non-hydrogen) atoms. The first-order valence-corrected chi connectivity index (χ1v) is 5.95. The number of allylic oxidation sites excluding steroid dienone is 1. The molecule has 0 heterocycles. The molecule has 0 aliphatic heterocycles. The van der Waals surface area contributed by atoms with Crippen LogP contribution in [0.4, 0.5) is 0 Å². The zero-order chi connectivity index (χ0) is 10.6. The highest BCUT2D eigenvalue weighted by Crippen LogP contribution is 2.34. The predicted molar refractivity (Wildman–Crippen MR) is 63.4 cm³/mol. The molecule has 3 atom stereocenters. The highest BCUT2D eigenvalue weighted by atomic mass is 14.9. The minimum absolute atomic E-state index is 0.719. The van der Waals surface area contributed by atoms with Gasteiger partial charge in [-0.05, 0) is 51.5 Å². The van der Waals surface area contributed by atoms with Crippen LogP contribution in [0, 0.1) is 11.8 Å². The van der Waals surface area contributed by atoms with Gasteiger partial charge in [0.1, 0.15) is 0 Å². The van der Waals surface area contributed by atoms with Crippen molar-refractivity contribution >= 4 is 0 Å². The Labute approximate surface area is 89.0 Å². The Morgan fingerprint density at radius 2 is 2.21 bits per heavy atom. The van der Waals surface area contributed by atoms with Crippen LogP contribution < -0.4 is 5.32 Å². The molecule has 3 unspecified atom stereocenters. The molecule has 1 fully saturated rings. The first-order valence-electron chi connectivity index (χ1n) is 5.95. The summed E-state index contributed by atoms with van der Waals surface area (Å²) in [5.41, 5.74) is 1.32. The molecular formula is C13H25N. The van der Waals surface area contributed by atoms with E-state index >= 15 is 0 Å². The molecule has 1 heteroatoms. The van der Waals surface area contributed by atoms with E-state index in [0.717, 1.165) is 17.9 Å². The van der Waals surface area contributed by atoms with Gasteiger partial charge in [-0.15, -0.1) is 6.58 Å². The fraction of sp³-hybridized carbons (Fsp3) is 0.846. The van der Waals surface area contributed by atoms with E-state index in [0.29, 0.717) is 0 Å². The van der Waals surface area contributed by atoms with E-state index in [9.17, 15) is 0 Å². The van der Waals surface area contributed by atoms with Crippen LogP contribution >= 0.6 is 0 Å². The molecule has 1 aliphatic carbocycles. The Kier molecular flexibility index (Phi) is 4.67. The molecule has 1 nitrogen and oxygen atoms in total. The lowest BCUT2D eigenvalue weighted by Gasteiger charge is -2.23. The third-order valence-corrected chi connectivity index (χ3v) is 3.56. The van der Waals surface area contributed by atoms with Crippen molar-refractivity contribution in [2.24, 2.45) is 11.8 Å². The van der Waals surface area contributed by atoms with Gasteiger partial charge in [0.05, 0.1) is 0 Å². The smallest absolute Gasteiger partial charge is 0.00954 e. The van der Waals surface area contributed by atoms with Crippen LogP contribution in [0.3, 0.4) is 0 Å². The van der Waals surface area contributed by atoms with Crippen molar-refractivity contribution in [1.29, 1.82) is 0 Å².